The average Bonchev–Trinajstić information content (AvgIpc) is 3.02. The van der Waals surface area contributed by atoms with Crippen LogP contribution in [0.15, 0.2) is 24.3 Å². The van der Waals surface area contributed by atoms with E-state index in [1.807, 2.05) is 6.08 Å². The predicted molar refractivity (Wildman–Crippen MR) is 169 cm³/mol. The van der Waals surface area contributed by atoms with Crippen molar-refractivity contribution in [1.29, 1.82) is 0 Å². The van der Waals surface area contributed by atoms with Crippen LogP contribution in [0.4, 0.5) is 0 Å². The van der Waals surface area contributed by atoms with Crippen LogP contribution in [0, 0.1) is 0 Å². The predicted octanol–water partition coefficient (Wildman–Crippen LogP) is 2.37. The average molecular weight is 632 g/mol. The Morgan fingerprint density at radius 2 is 1.39 bits per heavy atom. The minimum atomic E-state index is -1.66. The first-order valence-electron chi connectivity index (χ1n) is 16.7. The second-order valence-corrected chi connectivity index (χ2v) is 11.9. The monoisotopic (exact) mass is 631 g/mol. The van der Waals surface area contributed by atoms with Gasteiger partial charge in [-0.15, -0.1) is 0 Å². The summed E-state index contributed by atoms with van der Waals surface area (Å²) in [6, 6.07) is -1.18. The third-order valence-electron chi connectivity index (χ3n) is 7.96. The summed E-state index contributed by atoms with van der Waals surface area (Å²) in [5.74, 6) is -0.726. The Hall–Kier alpha value is -1.41. The van der Waals surface area contributed by atoms with Crippen molar-refractivity contribution in [2.75, 3.05) is 13.2 Å². The smallest absolute Gasteiger partial charge is 0.249 e. The SMILES string of the molecule is CCC/C=C/CCCC(O)C(O)C(COC1OC(CO)C(O)C(O)C1O)NC(=O)C(O)CCCCCC/C=C\CCCCC. The molecule has 0 radical (unpaired) electrons. The Morgan fingerprint density at radius 1 is 0.773 bits per heavy atom. The van der Waals surface area contributed by atoms with Gasteiger partial charge in [0, 0.05) is 0 Å². The number of aliphatic hydroxyl groups excluding tert-OH is 7. The van der Waals surface area contributed by atoms with Crippen molar-refractivity contribution in [3.8, 4) is 0 Å². The minimum Gasteiger partial charge on any atom is -0.394 e. The van der Waals surface area contributed by atoms with Crippen LogP contribution >= 0.6 is 0 Å². The number of aliphatic hydroxyl groups is 7. The summed E-state index contributed by atoms with van der Waals surface area (Å²) in [4.78, 5) is 12.8. The number of hydrogen-bond acceptors (Lipinski definition) is 10. The fourth-order valence-electron chi connectivity index (χ4n) is 5.03. The molecule has 0 aliphatic carbocycles. The summed E-state index contributed by atoms with van der Waals surface area (Å²) in [6.45, 7) is 3.19. The number of ether oxygens (including phenoxy) is 2. The van der Waals surface area contributed by atoms with E-state index in [9.17, 15) is 40.5 Å². The highest BCUT2D eigenvalue weighted by molar-refractivity contribution is 5.80. The van der Waals surface area contributed by atoms with Gasteiger partial charge in [-0.05, 0) is 57.8 Å². The summed E-state index contributed by atoms with van der Waals surface area (Å²) < 4.78 is 10.9. The van der Waals surface area contributed by atoms with E-state index in [4.69, 9.17) is 9.47 Å². The van der Waals surface area contributed by atoms with Crippen molar-refractivity contribution >= 4 is 5.91 Å². The Labute approximate surface area is 264 Å². The molecule has 9 atom stereocenters. The van der Waals surface area contributed by atoms with Crippen LogP contribution in [0.1, 0.15) is 110 Å². The van der Waals surface area contributed by atoms with Crippen molar-refractivity contribution in [2.24, 2.45) is 0 Å². The molecule has 0 bridgehead atoms. The quantitative estimate of drug-likeness (QED) is 0.0549. The number of carbonyl (C=O) groups is 1. The standard InChI is InChI=1S/C33H61NO10/c1-3-5-7-9-11-12-13-14-15-17-19-21-26(37)32(42)34-24(28(38)25(36)20-18-16-10-8-6-4-2)23-43-33-31(41)30(40)29(39)27(22-35)44-33/h8,10-12,24-31,33,35-41H,3-7,9,13-23H2,1-2H3,(H,34,42)/b10-8+,12-11-. The molecule has 0 aromatic carbocycles. The lowest BCUT2D eigenvalue weighted by Crippen LogP contribution is -2.60. The maximum Gasteiger partial charge on any atom is 0.249 e. The van der Waals surface area contributed by atoms with Gasteiger partial charge in [0.05, 0.1) is 25.4 Å². The normalized spacial score (nSPS) is 25.3. The van der Waals surface area contributed by atoms with E-state index < -0.39 is 74.2 Å². The highest BCUT2D eigenvalue weighted by atomic mass is 16.7. The molecule has 11 heteroatoms. The molecule has 1 aliphatic rings. The number of hydrogen-bond donors (Lipinski definition) is 8. The summed E-state index contributed by atoms with van der Waals surface area (Å²) in [7, 11) is 0. The molecule has 11 nitrogen and oxygen atoms in total. The Bertz CT molecular complexity index is 780. The summed E-state index contributed by atoms with van der Waals surface area (Å²) in [5.41, 5.74) is 0. The number of amides is 1. The topological polar surface area (TPSA) is 189 Å². The zero-order valence-electron chi connectivity index (χ0n) is 26.9. The van der Waals surface area contributed by atoms with Crippen LogP contribution in [-0.4, -0.2) is 110 Å². The summed E-state index contributed by atoms with van der Waals surface area (Å²) in [6.07, 6.45) is 10.2. The first kappa shape index (κ1) is 40.6. The molecule has 1 heterocycles. The van der Waals surface area contributed by atoms with E-state index in [0.29, 0.717) is 12.8 Å². The molecule has 0 spiro atoms. The molecule has 258 valence electrons. The molecular weight excluding hydrogens is 570 g/mol. The number of unbranched alkanes of at least 4 members (excludes halogenated alkanes) is 9. The minimum absolute atomic E-state index is 0.238. The van der Waals surface area contributed by atoms with E-state index >= 15 is 0 Å². The van der Waals surface area contributed by atoms with E-state index in [2.05, 4.69) is 37.4 Å². The van der Waals surface area contributed by atoms with E-state index in [1.54, 1.807) is 0 Å². The van der Waals surface area contributed by atoms with Gasteiger partial charge in [0.15, 0.2) is 6.29 Å². The summed E-state index contributed by atoms with van der Waals surface area (Å²) in [5, 5.41) is 74.4. The van der Waals surface area contributed by atoms with Gasteiger partial charge < -0.3 is 50.5 Å². The Kier molecular flexibility index (Phi) is 22.9. The number of allylic oxidation sites excluding steroid dienone is 4. The second-order valence-electron chi connectivity index (χ2n) is 11.9. The summed E-state index contributed by atoms with van der Waals surface area (Å²) >= 11 is 0. The van der Waals surface area contributed by atoms with Gasteiger partial charge >= 0.3 is 0 Å². The molecule has 1 aliphatic heterocycles. The Morgan fingerprint density at radius 3 is 2.02 bits per heavy atom. The van der Waals surface area contributed by atoms with Crippen molar-refractivity contribution in [2.45, 2.75) is 165 Å². The third kappa shape index (κ3) is 16.2. The maximum absolute atomic E-state index is 12.8. The zero-order chi connectivity index (χ0) is 32.7. The largest absolute Gasteiger partial charge is 0.394 e. The highest BCUT2D eigenvalue weighted by Crippen LogP contribution is 2.23. The fourth-order valence-corrected chi connectivity index (χ4v) is 5.03. The molecule has 1 fully saturated rings. The molecular formula is C33H61NO10. The van der Waals surface area contributed by atoms with E-state index in [1.165, 1.54) is 19.3 Å². The van der Waals surface area contributed by atoms with Crippen molar-refractivity contribution in [3.05, 3.63) is 24.3 Å². The van der Waals surface area contributed by atoms with Crippen molar-refractivity contribution in [3.63, 3.8) is 0 Å². The molecule has 0 saturated carbocycles. The van der Waals surface area contributed by atoms with Crippen molar-refractivity contribution < 1.29 is 50.0 Å². The molecule has 0 aromatic heterocycles. The van der Waals surface area contributed by atoms with Crippen LogP contribution in [-0.2, 0) is 14.3 Å². The molecule has 0 aromatic rings. The lowest BCUT2D eigenvalue weighted by molar-refractivity contribution is -0.303. The molecule has 1 rings (SSSR count). The van der Waals surface area contributed by atoms with Crippen molar-refractivity contribution in [1.82, 2.24) is 5.32 Å². The number of nitrogens with one attached hydrogen (secondary N) is 1. The Balaban J connectivity index is 2.65. The fraction of sp³-hybridized carbons (Fsp3) is 0.848. The number of rotatable bonds is 25. The first-order valence-corrected chi connectivity index (χ1v) is 16.7. The second kappa shape index (κ2) is 24.8. The van der Waals surface area contributed by atoms with Gasteiger partial charge in [-0.2, -0.15) is 0 Å². The van der Waals surface area contributed by atoms with Crippen LogP contribution in [0.25, 0.3) is 0 Å². The molecule has 1 amide bonds. The van der Waals surface area contributed by atoms with Gasteiger partial charge in [0.1, 0.15) is 36.6 Å². The van der Waals surface area contributed by atoms with Gasteiger partial charge in [0.2, 0.25) is 5.91 Å². The molecule has 8 N–H and O–H groups in total. The van der Waals surface area contributed by atoms with E-state index in [0.717, 1.165) is 51.4 Å². The molecule has 9 unspecified atom stereocenters. The van der Waals surface area contributed by atoms with E-state index in [-0.39, 0.29) is 12.8 Å². The van der Waals surface area contributed by atoms with Crippen LogP contribution in [0.3, 0.4) is 0 Å². The van der Waals surface area contributed by atoms with Gasteiger partial charge in [-0.3, -0.25) is 4.79 Å². The van der Waals surface area contributed by atoms with Gasteiger partial charge in [-0.25, -0.2) is 0 Å². The van der Waals surface area contributed by atoms with Gasteiger partial charge in [0.25, 0.3) is 0 Å². The van der Waals surface area contributed by atoms with Crippen LogP contribution in [0.5, 0.6) is 0 Å². The van der Waals surface area contributed by atoms with Gasteiger partial charge in [-0.1, -0.05) is 76.7 Å². The maximum atomic E-state index is 12.8. The zero-order valence-corrected chi connectivity index (χ0v) is 26.9. The lowest BCUT2D eigenvalue weighted by atomic mass is 9.98. The van der Waals surface area contributed by atoms with Crippen LogP contribution in [0.2, 0.25) is 0 Å². The first-order chi connectivity index (χ1) is 21.2. The highest BCUT2D eigenvalue weighted by Gasteiger charge is 2.44. The number of carbonyl (C=O) groups excluding carboxylic acids is 1. The lowest BCUT2D eigenvalue weighted by Gasteiger charge is -2.40. The third-order valence-corrected chi connectivity index (χ3v) is 7.96. The van der Waals surface area contributed by atoms with Crippen LogP contribution < -0.4 is 5.32 Å². The molecule has 44 heavy (non-hydrogen) atoms. The molecule has 1 saturated heterocycles.